The highest BCUT2D eigenvalue weighted by Crippen LogP contribution is 2.49. The summed E-state index contributed by atoms with van der Waals surface area (Å²) in [4.78, 5) is 13.4. The van der Waals surface area contributed by atoms with Crippen molar-refractivity contribution in [3.05, 3.63) is 82.2 Å². The Morgan fingerprint density at radius 3 is 2.47 bits per heavy atom. The number of allylic oxidation sites excluding steroid dienone is 2. The number of ketones is 1. The zero-order valence-electron chi connectivity index (χ0n) is 16.8. The van der Waals surface area contributed by atoms with Crippen molar-refractivity contribution in [1.29, 1.82) is 0 Å². The molecule has 0 saturated carbocycles. The van der Waals surface area contributed by atoms with Crippen LogP contribution in [0, 0.1) is 6.92 Å². The Balaban J connectivity index is 1.59. The fraction of sp³-hybridized carbons (Fsp3) is 0.250. The summed E-state index contributed by atoms with van der Waals surface area (Å²) >= 11 is 0. The summed E-state index contributed by atoms with van der Waals surface area (Å²) < 4.78 is 10.9. The van der Waals surface area contributed by atoms with Crippen molar-refractivity contribution in [3.8, 4) is 11.5 Å². The van der Waals surface area contributed by atoms with Gasteiger partial charge in [-0.2, -0.15) is 0 Å². The number of aromatic nitrogens is 1. The molecule has 1 aromatic heterocycles. The highest BCUT2D eigenvalue weighted by atomic mass is 16.5. The molecule has 1 aliphatic heterocycles. The average Bonchev–Trinajstić information content (AvgIpc) is 3.13. The van der Waals surface area contributed by atoms with Gasteiger partial charge in [0.15, 0.2) is 5.78 Å². The van der Waals surface area contributed by atoms with E-state index < -0.39 is 0 Å². The molecule has 0 radical (unpaired) electrons. The molecule has 3 aromatic rings. The third-order valence-electron chi connectivity index (χ3n) is 6.07. The number of methoxy groups -OCH3 is 1. The molecule has 6 nitrogen and oxygen atoms in total. The number of carbonyl (C=O) groups is 1. The third kappa shape index (κ3) is 2.96. The predicted molar refractivity (Wildman–Crippen MR) is 112 cm³/mol. The van der Waals surface area contributed by atoms with Crippen molar-refractivity contribution >= 4 is 11.7 Å². The number of phenols is 1. The van der Waals surface area contributed by atoms with E-state index >= 15 is 0 Å². The van der Waals surface area contributed by atoms with Gasteiger partial charge in [-0.25, -0.2) is 0 Å². The smallest absolute Gasteiger partial charge is 0.233 e. The van der Waals surface area contributed by atoms with Gasteiger partial charge in [-0.1, -0.05) is 29.4 Å². The minimum absolute atomic E-state index is 0.0476. The van der Waals surface area contributed by atoms with Crippen molar-refractivity contribution in [2.75, 3.05) is 12.4 Å². The van der Waals surface area contributed by atoms with Crippen LogP contribution >= 0.6 is 0 Å². The van der Waals surface area contributed by atoms with Crippen LogP contribution in [0.2, 0.25) is 0 Å². The van der Waals surface area contributed by atoms with Crippen LogP contribution in [0.5, 0.6) is 11.5 Å². The molecular formula is C24H22N2O4. The van der Waals surface area contributed by atoms with E-state index in [0.717, 1.165) is 39.4 Å². The van der Waals surface area contributed by atoms with Crippen molar-refractivity contribution in [3.63, 3.8) is 0 Å². The van der Waals surface area contributed by atoms with Gasteiger partial charge in [0, 0.05) is 23.6 Å². The first-order valence-corrected chi connectivity index (χ1v) is 9.97. The molecule has 2 atom stereocenters. The largest absolute Gasteiger partial charge is 0.508 e. The van der Waals surface area contributed by atoms with Gasteiger partial charge in [0.1, 0.15) is 11.5 Å². The van der Waals surface area contributed by atoms with Gasteiger partial charge in [0.25, 0.3) is 0 Å². The van der Waals surface area contributed by atoms with E-state index in [2.05, 4.69) is 10.5 Å². The summed E-state index contributed by atoms with van der Waals surface area (Å²) in [7, 11) is 1.64. The number of nitrogens with one attached hydrogen (secondary N) is 1. The number of phenolic OH excluding ortho intramolecular Hbond substituents is 1. The number of aromatic hydroxyl groups is 1. The van der Waals surface area contributed by atoms with Gasteiger partial charge in [0.05, 0.1) is 18.4 Å². The van der Waals surface area contributed by atoms with Gasteiger partial charge in [-0.05, 0) is 54.7 Å². The number of hydrogen-bond acceptors (Lipinski definition) is 6. The second-order valence-corrected chi connectivity index (χ2v) is 7.85. The summed E-state index contributed by atoms with van der Waals surface area (Å²) in [6.45, 7) is 1.90. The first-order valence-electron chi connectivity index (χ1n) is 9.97. The first kappa shape index (κ1) is 18.5. The van der Waals surface area contributed by atoms with Crippen LogP contribution in [0.15, 0.2) is 64.3 Å². The molecule has 152 valence electrons. The highest BCUT2D eigenvalue weighted by molar-refractivity contribution is 6.01. The SMILES string of the molecule is COc1ccc([C@H]2C3=C(C[C@@H](c4ccc(O)cc4)CC3=O)Nc3onc(C)c32)cc1. The van der Waals surface area contributed by atoms with Crippen LogP contribution in [0.1, 0.15) is 47.1 Å². The number of hydrogen-bond donors (Lipinski definition) is 2. The lowest BCUT2D eigenvalue weighted by atomic mass is 9.72. The molecule has 0 saturated heterocycles. The van der Waals surface area contributed by atoms with E-state index in [0.29, 0.717) is 18.7 Å². The highest BCUT2D eigenvalue weighted by Gasteiger charge is 2.41. The Labute approximate surface area is 174 Å². The van der Waals surface area contributed by atoms with Crippen molar-refractivity contribution in [2.24, 2.45) is 0 Å². The Hall–Kier alpha value is -3.54. The first-order chi connectivity index (χ1) is 14.5. The van der Waals surface area contributed by atoms with Crippen LogP contribution in [-0.2, 0) is 4.79 Å². The third-order valence-corrected chi connectivity index (χ3v) is 6.07. The fourth-order valence-electron chi connectivity index (χ4n) is 4.58. The summed E-state index contributed by atoms with van der Waals surface area (Å²) in [6.07, 6.45) is 1.12. The molecule has 6 heteroatoms. The lowest BCUT2D eigenvalue weighted by molar-refractivity contribution is -0.116. The number of anilines is 1. The van der Waals surface area contributed by atoms with Gasteiger partial charge in [-0.3, -0.25) is 4.79 Å². The number of rotatable bonds is 3. The van der Waals surface area contributed by atoms with E-state index in [1.165, 1.54) is 0 Å². The molecule has 0 bridgehead atoms. The van der Waals surface area contributed by atoms with E-state index in [4.69, 9.17) is 9.26 Å². The van der Waals surface area contributed by atoms with Gasteiger partial charge >= 0.3 is 0 Å². The van der Waals surface area contributed by atoms with Gasteiger partial charge in [0.2, 0.25) is 5.88 Å². The van der Waals surface area contributed by atoms with E-state index in [1.807, 2.05) is 43.3 Å². The number of fused-ring (bicyclic) bond motifs is 1. The van der Waals surface area contributed by atoms with Crippen molar-refractivity contribution in [2.45, 2.75) is 31.6 Å². The summed E-state index contributed by atoms with van der Waals surface area (Å²) in [5.74, 6) is 1.54. The monoisotopic (exact) mass is 402 g/mol. The second-order valence-electron chi connectivity index (χ2n) is 7.85. The van der Waals surface area contributed by atoms with Gasteiger partial charge < -0.3 is 19.7 Å². The molecule has 2 heterocycles. The predicted octanol–water partition coefficient (Wildman–Crippen LogP) is 4.66. The molecule has 0 amide bonds. The number of benzene rings is 2. The quantitative estimate of drug-likeness (QED) is 0.663. The minimum Gasteiger partial charge on any atom is -0.508 e. The number of aryl methyl sites for hydroxylation is 1. The molecule has 0 fully saturated rings. The molecule has 2 aliphatic rings. The second kappa shape index (κ2) is 7.06. The van der Waals surface area contributed by atoms with Crippen LogP contribution in [0.4, 0.5) is 5.88 Å². The van der Waals surface area contributed by atoms with Crippen LogP contribution < -0.4 is 10.1 Å². The Kier molecular flexibility index (Phi) is 4.35. The molecular weight excluding hydrogens is 380 g/mol. The van der Waals surface area contributed by atoms with Crippen LogP contribution in [-0.4, -0.2) is 23.2 Å². The Morgan fingerprint density at radius 2 is 1.77 bits per heavy atom. The molecule has 2 aromatic carbocycles. The van der Waals surface area contributed by atoms with Gasteiger partial charge in [-0.15, -0.1) is 0 Å². The maximum Gasteiger partial charge on any atom is 0.233 e. The number of Topliss-reactive ketones (excluding diaryl/α,β-unsaturated/α-hetero) is 1. The van der Waals surface area contributed by atoms with E-state index in [9.17, 15) is 9.90 Å². The summed E-state index contributed by atoms with van der Waals surface area (Å²) in [5.41, 5.74) is 5.40. The lowest BCUT2D eigenvalue weighted by Gasteiger charge is -2.34. The standard InChI is InChI=1S/C24H22N2O4/c1-13-21-22(15-5-9-18(29-2)10-6-15)23-19(25-24(21)30-26-13)11-16(12-20(23)28)14-3-7-17(27)8-4-14/h3-10,16,22,25,27H,11-12H2,1-2H3/t16-,22-/m1/s1. The summed E-state index contributed by atoms with van der Waals surface area (Å²) in [5, 5.41) is 17.1. The topological polar surface area (TPSA) is 84.6 Å². The molecule has 0 spiro atoms. The van der Waals surface area contributed by atoms with Crippen molar-refractivity contribution < 1.29 is 19.2 Å². The molecule has 2 N–H and O–H groups in total. The molecule has 1 aliphatic carbocycles. The molecule has 5 rings (SSSR count). The Morgan fingerprint density at radius 1 is 1.07 bits per heavy atom. The number of nitrogens with zero attached hydrogens (tertiary/aromatic N) is 1. The zero-order chi connectivity index (χ0) is 20.8. The molecule has 30 heavy (non-hydrogen) atoms. The van der Waals surface area contributed by atoms with E-state index in [1.54, 1.807) is 19.2 Å². The number of carbonyl (C=O) groups excluding carboxylic acids is 1. The molecule has 0 unspecified atom stereocenters. The minimum atomic E-state index is -0.221. The van der Waals surface area contributed by atoms with E-state index in [-0.39, 0.29) is 23.4 Å². The van der Waals surface area contributed by atoms with Crippen LogP contribution in [0.3, 0.4) is 0 Å². The zero-order valence-corrected chi connectivity index (χ0v) is 16.8. The lowest BCUT2D eigenvalue weighted by Crippen LogP contribution is -2.29. The normalized spacial score (nSPS) is 20.4. The maximum absolute atomic E-state index is 13.4. The fourth-order valence-corrected chi connectivity index (χ4v) is 4.58. The number of ether oxygens (including phenoxy) is 1. The Bertz CT molecular complexity index is 1140. The van der Waals surface area contributed by atoms with Crippen molar-refractivity contribution in [1.82, 2.24) is 5.16 Å². The maximum atomic E-state index is 13.4. The average molecular weight is 402 g/mol. The summed E-state index contributed by atoms with van der Waals surface area (Å²) in [6, 6.07) is 14.9. The van der Waals surface area contributed by atoms with Crippen LogP contribution in [0.25, 0.3) is 0 Å².